The SMILES string of the molecule is CCC1(c2ccccc2)NC(=O)N(NC(=O)c2ccc(OCc3cn4ccccc4n3)cc2)C1=O. The number of nitrogens with zero attached hydrogens (tertiary/aromatic N) is 3. The van der Waals surface area contributed by atoms with E-state index in [-0.39, 0.29) is 12.2 Å². The van der Waals surface area contributed by atoms with E-state index in [1.165, 1.54) is 0 Å². The Balaban J connectivity index is 1.24. The maximum Gasteiger partial charge on any atom is 0.344 e. The summed E-state index contributed by atoms with van der Waals surface area (Å²) in [5.41, 5.74) is 3.74. The number of nitrogens with one attached hydrogen (secondary N) is 2. The summed E-state index contributed by atoms with van der Waals surface area (Å²) in [6.45, 7) is 2.08. The van der Waals surface area contributed by atoms with Gasteiger partial charge in [0.1, 0.15) is 23.5 Å². The van der Waals surface area contributed by atoms with Crippen molar-refractivity contribution in [2.45, 2.75) is 25.5 Å². The van der Waals surface area contributed by atoms with Crippen LogP contribution in [0.4, 0.5) is 4.79 Å². The first-order chi connectivity index (χ1) is 17.0. The van der Waals surface area contributed by atoms with Crippen LogP contribution in [0.5, 0.6) is 5.75 Å². The van der Waals surface area contributed by atoms with Gasteiger partial charge in [-0.2, -0.15) is 5.01 Å². The Bertz CT molecular complexity index is 1370. The highest BCUT2D eigenvalue weighted by Gasteiger charge is 2.52. The number of imidazole rings is 1. The first-order valence-electron chi connectivity index (χ1n) is 11.2. The van der Waals surface area contributed by atoms with Gasteiger partial charge in [0.25, 0.3) is 11.8 Å². The van der Waals surface area contributed by atoms with Crippen molar-refractivity contribution in [2.75, 3.05) is 0 Å². The highest BCUT2D eigenvalue weighted by molar-refractivity contribution is 6.09. The number of carbonyl (C=O) groups excluding carboxylic acids is 3. The Morgan fingerprint density at radius 1 is 1.03 bits per heavy atom. The van der Waals surface area contributed by atoms with Crippen molar-refractivity contribution in [3.05, 3.63) is 102 Å². The fourth-order valence-corrected chi connectivity index (χ4v) is 4.12. The first kappa shape index (κ1) is 22.1. The summed E-state index contributed by atoms with van der Waals surface area (Å²) in [5, 5.41) is 3.48. The van der Waals surface area contributed by atoms with Crippen LogP contribution in [0.25, 0.3) is 5.65 Å². The molecular formula is C26H23N5O4. The number of rotatable bonds is 7. The molecule has 9 nitrogen and oxygen atoms in total. The average molecular weight is 470 g/mol. The van der Waals surface area contributed by atoms with Crippen molar-refractivity contribution in [2.24, 2.45) is 0 Å². The molecule has 0 bridgehead atoms. The summed E-state index contributed by atoms with van der Waals surface area (Å²) < 4.78 is 7.69. The number of urea groups is 1. The average Bonchev–Trinajstić information content (AvgIpc) is 3.42. The molecule has 2 aromatic heterocycles. The van der Waals surface area contributed by atoms with Gasteiger partial charge in [-0.15, -0.1) is 0 Å². The number of hydrogen-bond donors (Lipinski definition) is 2. The lowest BCUT2D eigenvalue weighted by molar-refractivity contribution is -0.133. The van der Waals surface area contributed by atoms with Crippen molar-refractivity contribution in [3.63, 3.8) is 0 Å². The van der Waals surface area contributed by atoms with Crippen LogP contribution in [-0.2, 0) is 16.9 Å². The van der Waals surface area contributed by atoms with E-state index in [1.54, 1.807) is 48.5 Å². The van der Waals surface area contributed by atoms with Gasteiger partial charge in [-0.3, -0.25) is 15.0 Å². The number of amides is 4. The molecule has 176 valence electrons. The summed E-state index contributed by atoms with van der Waals surface area (Å²) >= 11 is 0. The van der Waals surface area contributed by atoms with Crippen LogP contribution in [-0.4, -0.2) is 32.2 Å². The van der Waals surface area contributed by atoms with Crippen LogP contribution in [0.3, 0.4) is 0 Å². The molecular weight excluding hydrogens is 446 g/mol. The zero-order chi connectivity index (χ0) is 24.4. The molecule has 1 atom stereocenters. The maximum absolute atomic E-state index is 13.2. The van der Waals surface area contributed by atoms with Gasteiger partial charge in [-0.05, 0) is 48.4 Å². The number of benzene rings is 2. The van der Waals surface area contributed by atoms with E-state index >= 15 is 0 Å². The number of aromatic nitrogens is 2. The smallest absolute Gasteiger partial charge is 0.344 e. The molecule has 0 saturated carbocycles. The Labute approximate surface area is 201 Å². The number of pyridine rings is 1. The van der Waals surface area contributed by atoms with Crippen molar-refractivity contribution < 1.29 is 19.1 Å². The maximum atomic E-state index is 13.2. The largest absolute Gasteiger partial charge is 0.487 e. The van der Waals surface area contributed by atoms with Crippen molar-refractivity contribution in [1.29, 1.82) is 0 Å². The van der Waals surface area contributed by atoms with Crippen LogP contribution < -0.4 is 15.5 Å². The van der Waals surface area contributed by atoms with E-state index in [0.29, 0.717) is 17.7 Å². The molecule has 4 amide bonds. The first-order valence-corrected chi connectivity index (χ1v) is 11.2. The van der Waals surface area contributed by atoms with Crippen molar-refractivity contribution in [3.8, 4) is 5.75 Å². The third-order valence-corrected chi connectivity index (χ3v) is 6.02. The highest BCUT2D eigenvalue weighted by Crippen LogP contribution is 2.31. The Morgan fingerprint density at radius 2 is 1.77 bits per heavy atom. The number of hydrogen-bond acceptors (Lipinski definition) is 5. The molecule has 2 aromatic carbocycles. The molecule has 1 aliphatic rings. The lowest BCUT2D eigenvalue weighted by Gasteiger charge is -2.25. The minimum Gasteiger partial charge on any atom is -0.487 e. The Morgan fingerprint density at radius 3 is 2.49 bits per heavy atom. The molecule has 0 spiro atoms. The zero-order valence-electron chi connectivity index (χ0n) is 19.0. The van der Waals surface area contributed by atoms with Gasteiger partial charge in [-0.25, -0.2) is 9.78 Å². The van der Waals surface area contributed by atoms with E-state index in [4.69, 9.17) is 4.74 Å². The molecule has 2 N–H and O–H groups in total. The molecule has 0 aliphatic carbocycles. The fourth-order valence-electron chi connectivity index (χ4n) is 4.12. The molecule has 4 aromatic rings. The van der Waals surface area contributed by atoms with Crippen molar-refractivity contribution >= 4 is 23.5 Å². The van der Waals surface area contributed by atoms with Gasteiger partial charge in [0.15, 0.2) is 0 Å². The standard InChI is InChI=1S/C26H23N5O4/c1-2-26(19-8-4-3-5-9-19)24(33)31(25(34)28-26)29-23(32)18-11-13-21(14-12-18)35-17-20-16-30-15-7-6-10-22(30)27-20/h3-16H,2,17H2,1H3,(H,28,34)(H,29,32). The summed E-state index contributed by atoms with van der Waals surface area (Å²) in [4.78, 5) is 43.0. The van der Waals surface area contributed by atoms with Gasteiger partial charge >= 0.3 is 6.03 Å². The van der Waals surface area contributed by atoms with E-state index in [0.717, 1.165) is 16.4 Å². The number of ether oxygens (including phenoxy) is 1. The number of carbonyl (C=O) groups is 3. The monoisotopic (exact) mass is 469 g/mol. The summed E-state index contributed by atoms with van der Waals surface area (Å²) in [6.07, 6.45) is 4.14. The van der Waals surface area contributed by atoms with Gasteiger partial charge in [0, 0.05) is 18.0 Å². The lowest BCUT2D eigenvalue weighted by atomic mass is 9.87. The van der Waals surface area contributed by atoms with Gasteiger partial charge in [0.05, 0.1) is 5.69 Å². The van der Waals surface area contributed by atoms with Crippen LogP contribution in [0.2, 0.25) is 0 Å². The molecule has 9 heteroatoms. The fraction of sp³-hybridized carbons (Fsp3) is 0.154. The van der Waals surface area contributed by atoms with Crippen molar-refractivity contribution in [1.82, 2.24) is 25.1 Å². The van der Waals surface area contributed by atoms with Crippen LogP contribution in [0.15, 0.2) is 85.2 Å². The van der Waals surface area contributed by atoms with Crippen LogP contribution in [0.1, 0.15) is 35.0 Å². The molecule has 3 heterocycles. The third-order valence-electron chi connectivity index (χ3n) is 6.02. The van der Waals surface area contributed by atoms with Crippen LogP contribution in [0, 0.1) is 0 Å². The summed E-state index contributed by atoms with van der Waals surface area (Å²) in [6, 6.07) is 20.5. The number of fused-ring (bicyclic) bond motifs is 1. The summed E-state index contributed by atoms with van der Waals surface area (Å²) in [5.74, 6) is -0.556. The van der Waals surface area contributed by atoms with E-state index in [1.807, 2.05) is 48.0 Å². The third kappa shape index (κ3) is 4.08. The molecule has 1 unspecified atom stereocenters. The predicted molar refractivity (Wildman–Crippen MR) is 127 cm³/mol. The second-order valence-corrected chi connectivity index (χ2v) is 8.15. The minimum absolute atomic E-state index is 0.272. The lowest BCUT2D eigenvalue weighted by Crippen LogP contribution is -2.48. The van der Waals surface area contributed by atoms with Gasteiger partial charge in [0.2, 0.25) is 0 Å². The normalized spacial score (nSPS) is 17.5. The number of hydrazine groups is 1. The topological polar surface area (TPSA) is 105 Å². The quantitative estimate of drug-likeness (QED) is 0.404. The predicted octanol–water partition coefficient (Wildman–Crippen LogP) is 3.42. The molecule has 35 heavy (non-hydrogen) atoms. The summed E-state index contributed by atoms with van der Waals surface area (Å²) in [7, 11) is 0. The number of imide groups is 1. The Kier molecular flexibility index (Phi) is 5.66. The molecule has 1 aliphatic heterocycles. The highest BCUT2D eigenvalue weighted by atomic mass is 16.5. The van der Waals surface area contributed by atoms with Gasteiger partial charge < -0.3 is 14.5 Å². The molecule has 1 saturated heterocycles. The molecule has 5 rings (SSSR count). The minimum atomic E-state index is -1.22. The second kappa shape index (κ2) is 8.94. The van der Waals surface area contributed by atoms with Crippen LogP contribution >= 0.6 is 0 Å². The second-order valence-electron chi connectivity index (χ2n) is 8.15. The molecule has 0 radical (unpaired) electrons. The van der Waals surface area contributed by atoms with E-state index < -0.39 is 23.4 Å². The zero-order valence-corrected chi connectivity index (χ0v) is 19.0. The molecule has 1 fully saturated rings. The van der Waals surface area contributed by atoms with E-state index in [9.17, 15) is 14.4 Å². The van der Waals surface area contributed by atoms with E-state index in [2.05, 4.69) is 15.7 Å². The Hall–Kier alpha value is -4.66. The van der Waals surface area contributed by atoms with Gasteiger partial charge in [-0.1, -0.05) is 43.3 Å².